The third-order valence-electron chi connectivity index (χ3n) is 4.50. The molecule has 4 nitrogen and oxygen atoms in total. The lowest BCUT2D eigenvalue weighted by molar-refractivity contribution is -0.137. The molecule has 1 fully saturated rings. The lowest BCUT2D eigenvalue weighted by atomic mass is 9.92. The number of hydrogen-bond acceptors (Lipinski definition) is 5. The Morgan fingerprint density at radius 2 is 2.04 bits per heavy atom. The molecule has 3 heterocycles. The molecule has 0 saturated carbocycles. The molecule has 1 aromatic heterocycles. The molecule has 2 atom stereocenters. The van der Waals surface area contributed by atoms with Crippen molar-refractivity contribution in [2.24, 2.45) is 0 Å². The molecule has 0 radical (unpaired) electrons. The van der Waals surface area contributed by atoms with Crippen LogP contribution in [0.4, 0.5) is 0 Å². The number of benzene rings is 1. The minimum absolute atomic E-state index is 0.116. The maximum absolute atomic E-state index is 12.2. The number of fused-ring (bicyclic) bond motifs is 2. The fourth-order valence-electron chi connectivity index (χ4n) is 3.42. The van der Waals surface area contributed by atoms with Crippen molar-refractivity contribution in [1.29, 1.82) is 0 Å². The number of carbonyl (C=O) groups excluding carboxylic acids is 1. The normalized spacial score (nSPS) is 23.2. The van der Waals surface area contributed by atoms with Gasteiger partial charge in [-0.2, -0.15) is 0 Å². The van der Waals surface area contributed by atoms with Crippen molar-refractivity contribution in [2.75, 3.05) is 7.11 Å². The van der Waals surface area contributed by atoms with E-state index in [0.29, 0.717) is 5.57 Å². The fourth-order valence-corrected chi connectivity index (χ4v) is 4.06. The van der Waals surface area contributed by atoms with E-state index in [-0.39, 0.29) is 18.2 Å². The molecule has 0 aliphatic carbocycles. The highest BCUT2D eigenvalue weighted by molar-refractivity contribution is 7.13. The van der Waals surface area contributed by atoms with Crippen LogP contribution < -0.4 is 0 Å². The Hall–Kier alpha value is -1.98. The standard InChI is InChI=1S/C18H17NO3S/c1-21-18(20)16-14(10-13-6-7-15(16)22-13)11-2-4-12(5-3-11)17-19-8-9-23-17/h2-5,8-9,13,15H,6-7,10H2,1H3/t13-,15+/m0/s1. The van der Waals surface area contributed by atoms with Crippen LogP contribution in [0.15, 0.2) is 41.4 Å². The van der Waals surface area contributed by atoms with Gasteiger partial charge in [0.15, 0.2) is 0 Å². The number of esters is 1. The van der Waals surface area contributed by atoms with Crippen LogP contribution in [0.3, 0.4) is 0 Å². The number of nitrogens with zero attached hydrogens (tertiary/aromatic N) is 1. The Balaban J connectivity index is 1.73. The van der Waals surface area contributed by atoms with Crippen LogP contribution in [0.1, 0.15) is 24.8 Å². The van der Waals surface area contributed by atoms with E-state index in [1.807, 2.05) is 11.6 Å². The Kier molecular flexibility index (Phi) is 3.75. The highest BCUT2D eigenvalue weighted by Crippen LogP contribution is 2.41. The number of methoxy groups -OCH3 is 1. The van der Waals surface area contributed by atoms with Gasteiger partial charge in [-0.3, -0.25) is 0 Å². The SMILES string of the molecule is COC(=O)C1=C(c2ccc(-c3nccs3)cc2)C[C@@H]2CC[C@H]1O2. The van der Waals surface area contributed by atoms with Gasteiger partial charge < -0.3 is 9.47 Å². The minimum Gasteiger partial charge on any atom is -0.466 e. The predicted octanol–water partition coefficient (Wildman–Crippen LogP) is 3.69. The summed E-state index contributed by atoms with van der Waals surface area (Å²) in [5.74, 6) is -0.269. The Bertz CT molecular complexity index is 749. The molecule has 5 heteroatoms. The molecular weight excluding hydrogens is 310 g/mol. The highest BCUT2D eigenvalue weighted by Gasteiger charge is 2.39. The van der Waals surface area contributed by atoms with Gasteiger partial charge in [-0.05, 0) is 30.4 Å². The van der Waals surface area contributed by atoms with E-state index in [2.05, 4.69) is 29.2 Å². The summed E-state index contributed by atoms with van der Waals surface area (Å²) in [5.41, 5.74) is 3.94. The van der Waals surface area contributed by atoms with Crippen LogP contribution in [0, 0.1) is 0 Å². The summed E-state index contributed by atoms with van der Waals surface area (Å²) in [5, 5.41) is 2.97. The lowest BCUT2D eigenvalue weighted by Gasteiger charge is -2.26. The quantitative estimate of drug-likeness (QED) is 0.807. The van der Waals surface area contributed by atoms with E-state index >= 15 is 0 Å². The van der Waals surface area contributed by atoms with Crippen molar-refractivity contribution in [3.63, 3.8) is 0 Å². The van der Waals surface area contributed by atoms with Crippen molar-refractivity contribution in [2.45, 2.75) is 31.5 Å². The number of thiazole rings is 1. The summed E-state index contributed by atoms with van der Waals surface area (Å²) in [4.78, 5) is 16.6. The summed E-state index contributed by atoms with van der Waals surface area (Å²) in [6.45, 7) is 0. The second kappa shape index (κ2) is 5.91. The Labute approximate surface area is 138 Å². The van der Waals surface area contributed by atoms with Crippen molar-refractivity contribution >= 4 is 22.9 Å². The topological polar surface area (TPSA) is 48.4 Å². The molecule has 2 aromatic rings. The van der Waals surface area contributed by atoms with Gasteiger partial charge in [-0.1, -0.05) is 24.3 Å². The minimum atomic E-state index is -0.269. The van der Waals surface area contributed by atoms with E-state index in [1.54, 1.807) is 11.3 Å². The van der Waals surface area contributed by atoms with Crippen LogP contribution in [0.2, 0.25) is 0 Å². The van der Waals surface area contributed by atoms with Gasteiger partial charge >= 0.3 is 5.97 Å². The summed E-state index contributed by atoms with van der Waals surface area (Å²) in [6.07, 6.45) is 4.60. The molecule has 2 bridgehead atoms. The fraction of sp³-hybridized carbons (Fsp3) is 0.333. The monoisotopic (exact) mass is 327 g/mol. The number of ether oxygens (including phenoxy) is 2. The number of carbonyl (C=O) groups is 1. The molecule has 1 saturated heterocycles. The van der Waals surface area contributed by atoms with Gasteiger partial charge in [-0.15, -0.1) is 11.3 Å². The van der Waals surface area contributed by atoms with E-state index < -0.39 is 0 Å². The molecule has 2 aliphatic heterocycles. The molecule has 0 unspecified atom stereocenters. The first kappa shape index (κ1) is 14.6. The van der Waals surface area contributed by atoms with Gasteiger partial charge in [0.2, 0.25) is 0 Å². The first-order valence-corrected chi connectivity index (χ1v) is 8.61. The van der Waals surface area contributed by atoms with E-state index in [0.717, 1.165) is 41.0 Å². The molecule has 4 rings (SSSR count). The van der Waals surface area contributed by atoms with Gasteiger partial charge in [0.05, 0.1) is 24.9 Å². The third kappa shape index (κ3) is 2.60. The van der Waals surface area contributed by atoms with Gasteiger partial charge in [0, 0.05) is 17.1 Å². The molecule has 118 valence electrons. The van der Waals surface area contributed by atoms with Crippen molar-refractivity contribution in [1.82, 2.24) is 4.98 Å². The summed E-state index contributed by atoms with van der Waals surface area (Å²) in [7, 11) is 1.43. The molecule has 0 N–H and O–H groups in total. The average molecular weight is 327 g/mol. The van der Waals surface area contributed by atoms with Gasteiger partial charge in [0.25, 0.3) is 0 Å². The first-order chi connectivity index (χ1) is 11.3. The zero-order valence-corrected chi connectivity index (χ0v) is 13.6. The molecular formula is C18H17NO3S. The summed E-state index contributed by atoms with van der Waals surface area (Å²) in [6, 6.07) is 8.26. The van der Waals surface area contributed by atoms with Crippen molar-refractivity contribution in [3.05, 3.63) is 47.0 Å². The zero-order valence-electron chi connectivity index (χ0n) is 12.8. The Morgan fingerprint density at radius 3 is 2.74 bits per heavy atom. The lowest BCUT2D eigenvalue weighted by Crippen LogP contribution is -2.26. The van der Waals surface area contributed by atoms with Crippen molar-refractivity contribution < 1.29 is 14.3 Å². The van der Waals surface area contributed by atoms with E-state index in [9.17, 15) is 4.79 Å². The molecule has 23 heavy (non-hydrogen) atoms. The summed E-state index contributed by atoms with van der Waals surface area (Å²) < 4.78 is 10.9. The smallest absolute Gasteiger partial charge is 0.336 e. The number of rotatable bonds is 3. The molecule has 2 aliphatic rings. The highest BCUT2D eigenvalue weighted by atomic mass is 32.1. The number of hydrogen-bond donors (Lipinski definition) is 0. The first-order valence-electron chi connectivity index (χ1n) is 7.73. The zero-order chi connectivity index (χ0) is 15.8. The van der Waals surface area contributed by atoms with Crippen LogP contribution in [-0.2, 0) is 14.3 Å². The van der Waals surface area contributed by atoms with Crippen LogP contribution in [-0.4, -0.2) is 30.3 Å². The van der Waals surface area contributed by atoms with Crippen LogP contribution in [0.25, 0.3) is 16.1 Å². The van der Waals surface area contributed by atoms with Crippen molar-refractivity contribution in [3.8, 4) is 10.6 Å². The molecule has 0 spiro atoms. The maximum atomic E-state index is 12.2. The second-order valence-electron chi connectivity index (χ2n) is 5.83. The van der Waals surface area contributed by atoms with E-state index in [4.69, 9.17) is 9.47 Å². The number of aromatic nitrogens is 1. The van der Waals surface area contributed by atoms with E-state index in [1.165, 1.54) is 7.11 Å². The van der Waals surface area contributed by atoms with Gasteiger partial charge in [-0.25, -0.2) is 9.78 Å². The van der Waals surface area contributed by atoms with Gasteiger partial charge in [0.1, 0.15) is 5.01 Å². The predicted molar refractivity (Wildman–Crippen MR) is 89.0 cm³/mol. The van der Waals surface area contributed by atoms with Crippen LogP contribution in [0.5, 0.6) is 0 Å². The molecule has 1 aromatic carbocycles. The average Bonchev–Trinajstić information content (AvgIpc) is 3.25. The Morgan fingerprint density at radius 1 is 1.26 bits per heavy atom. The third-order valence-corrected chi connectivity index (χ3v) is 5.33. The molecule has 0 amide bonds. The maximum Gasteiger partial charge on any atom is 0.336 e. The summed E-state index contributed by atoms with van der Waals surface area (Å²) >= 11 is 1.62. The van der Waals surface area contributed by atoms with Crippen LogP contribution >= 0.6 is 11.3 Å². The second-order valence-corrected chi connectivity index (χ2v) is 6.72. The largest absolute Gasteiger partial charge is 0.466 e.